The average Bonchev–Trinajstić information content (AvgIpc) is 2.91. The number of fused-ring (bicyclic) bond motifs is 1. The van der Waals surface area contributed by atoms with Gasteiger partial charge in [-0.25, -0.2) is 0 Å². The SMILES string of the molecule is COc1ccc(C)cc1CC(O)c1cc2c(s1)CCSC2. The summed E-state index contributed by atoms with van der Waals surface area (Å²) >= 11 is 3.76. The van der Waals surface area contributed by atoms with E-state index >= 15 is 0 Å². The summed E-state index contributed by atoms with van der Waals surface area (Å²) in [6, 6.07) is 8.31. The molecule has 0 saturated carbocycles. The molecule has 21 heavy (non-hydrogen) atoms. The molecule has 2 nitrogen and oxygen atoms in total. The summed E-state index contributed by atoms with van der Waals surface area (Å²) in [4.78, 5) is 2.55. The summed E-state index contributed by atoms with van der Waals surface area (Å²) in [6.07, 6.45) is 1.31. The molecule has 1 unspecified atom stereocenters. The maximum absolute atomic E-state index is 10.6. The van der Waals surface area contributed by atoms with Crippen LogP contribution < -0.4 is 4.74 Å². The van der Waals surface area contributed by atoms with Crippen molar-refractivity contribution in [3.8, 4) is 5.75 Å². The minimum absolute atomic E-state index is 0.443. The number of methoxy groups -OCH3 is 1. The van der Waals surface area contributed by atoms with E-state index in [0.717, 1.165) is 28.4 Å². The Morgan fingerprint density at radius 1 is 1.33 bits per heavy atom. The molecule has 112 valence electrons. The molecule has 0 spiro atoms. The lowest BCUT2D eigenvalue weighted by Gasteiger charge is -2.13. The zero-order chi connectivity index (χ0) is 14.8. The Balaban J connectivity index is 1.81. The van der Waals surface area contributed by atoms with Gasteiger partial charge in [-0.2, -0.15) is 11.8 Å². The normalized spacial score (nSPS) is 15.6. The number of aryl methyl sites for hydroxylation is 2. The molecule has 0 aliphatic carbocycles. The maximum Gasteiger partial charge on any atom is 0.122 e. The maximum atomic E-state index is 10.6. The van der Waals surface area contributed by atoms with Gasteiger partial charge in [0.05, 0.1) is 13.2 Å². The molecule has 1 atom stereocenters. The summed E-state index contributed by atoms with van der Waals surface area (Å²) in [6.45, 7) is 2.07. The molecular formula is C17H20O2S2. The van der Waals surface area contributed by atoms with Crippen LogP contribution in [0.2, 0.25) is 0 Å². The van der Waals surface area contributed by atoms with E-state index in [1.54, 1.807) is 18.4 Å². The lowest BCUT2D eigenvalue weighted by atomic mass is 10.0. The standard InChI is InChI=1S/C17H20O2S2/c1-11-3-4-15(19-2)12(7-11)8-14(18)17-9-13-10-20-6-5-16(13)21-17/h3-4,7,9,14,18H,5-6,8,10H2,1-2H3. The fourth-order valence-corrected chi connectivity index (χ4v) is 5.07. The first kappa shape index (κ1) is 14.9. The fourth-order valence-electron chi connectivity index (χ4n) is 2.71. The molecule has 1 aromatic carbocycles. The molecule has 1 aromatic heterocycles. The van der Waals surface area contributed by atoms with Gasteiger partial charge in [0, 0.05) is 21.9 Å². The second-order valence-corrected chi connectivity index (χ2v) is 7.71. The number of rotatable bonds is 4. The third-order valence-electron chi connectivity index (χ3n) is 3.82. The van der Waals surface area contributed by atoms with Gasteiger partial charge in [0.2, 0.25) is 0 Å². The number of benzene rings is 1. The van der Waals surface area contributed by atoms with Gasteiger partial charge in [0.25, 0.3) is 0 Å². The number of aliphatic hydroxyl groups excluding tert-OH is 1. The number of hydrogen-bond acceptors (Lipinski definition) is 4. The van der Waals surface area contributed by atoms with Crippen LogP contribution in [0.1, 0.15) is 32.5 Å². The number of thioether (sulfide) groups is 1. The Kier molecular flexibility index (Phi) is 4.57. The monoisotopic (exact) mass is 320 g/mol. The van der Waals surface area contributed by atoms with Gasteiger partial charge >= 0.3 is 0 Å². The Labute approximate surface area is 134 Å². The lowest BCUT2D eigenvalue weighted by Crippen LogP contribution is -2.02. The van der Waals surface area contributed by atoms with Crippen molar-refractivity contribution in [1.82, 2.24) is 0 Å². The Morgan fingerprint density at radius 3 is 2.95 bits per heavy atom. The van der Waals surface area contributed by atoms with Crippen LogP contribution in [0.5, 0.6) is 5.75 Å². The van der Waals surface area contributed by atoms with Crippen molar-refractivity contribution >= 4 is 23.1 Å². The van der Waals surface area contributed by atoms with Gasteiger partial charge in [0.15, 0.2) is 0 Å². The van der Waals surface area contributed by atoms with Crippen molar-refractivity contribution in [3.63, 3.8) is 0 Å². The van der Waals surface area contributed by atoms with E-state index in [2.05, 4.69) is 19.1 Å². The van der Waals surface area contributed by atoms with E-state index in [9.17, 15) is 5.11 Å². The molecule has 0 amide bonds. The minimum atomic E-state index is -0.443. The second kappa shape index (κ2) is 6.42. The van der Waals surface area contributed by atoms with Crippen molar-refractivity contribution in [2.75, 3.05) is 12.9 Å². The molecule has 3 rings (SSSR count). The average molecular weight is 320 g/mol. The summed E-state index contributed by atoms with van der Waals surface area (Å²) in [7, 11) is 1.68. The topological polar surface area (TPSA) is 29.5 Å². The summed E-state index contributed by atoms with van der Waals surface area (Å²) < 4.78 is 5.41. The summed E-state index contributed by atoms with van der Waals surface area (Å²) in [5.74, 6) is 3.15. The van der Waals surface area contributed by atoms with Gasteiger partial charge in [-0.3, -0.25) is 0 Å². The van der Waals surface area contributed by atoms with Crippen LogP contribution >= 0.6 is 23.1 Å². The summed E-state index contributed by atoms with van der Waals surface area (Å²) in [5.41, 5.74) is 3.69. The molecule has 0 bridgehead atoms. The highest BCUT2D eigenvalue weighted by Crippen LogP contribution is 2.36. The number of ether oxygens (including phenoxy) is 1. The van der Waals surface area contributed by atoms with Crippen LogP contribution in [0.25, 0.3) is 0 Å². The molecule has 2 heterocycles. The quantitative estimate of drug-likeness (QED) is 0.918. The van der Waals surface area contributed by atoms with Gasteiger partial charge in [-0.15, -0.1) is 11.3 Å². The molecule has 2 aromatic rings. The van der Waals surface area contributed by atoms with Crippen molar-refractivity contribution < 1.29 is 9.84 Å². The van der Waals surface area contributed by atoms with Gasteiger partial charge in [-0.05, 0) is 42.4 Å². The first-order valence-corrected chi connectivity index (χ1v) is 9.15. The number of hydrogen-bond donors (Lipinski definition) is 1. The molecule has 1 N–H and O–H groups in total. The lowest BCUT2D eigenvalue weighted by molar-refractivity contribution is 0.181. The molecule has 0 radical (unpaired) electrons. The van der Waals surface area contributed by atoms with Gasteiger partial charge in [-0.1, -0.05) is 17.7 Å². The Morgan fingerprint density at radius 2 is 2.19 bits per heavy atom. The zero-order valence-electron chi connectivity index (χ0n) is 12.4. The number of aliphatic hydroxyl groups is 1. The Hall–Kier alpha value is -0.970. The van der Waals surface area contributed by atoms with Crippen LogP contribution in [-0.2, 0) is 18.6 Å². The zero-order valence-corrected chi connectivity index (χ0v) is 14.0. The largest absolute Gasteiger partial charge is 0.496 e. The third-order valence-corrected chi connectivity index (χ3v) is 6.17. The van der Waals surface area contributed by atoms with E-state index in [0.29, 0.717) is 6.42 Å². The minimum Gasteiger partial charge on any atom is -0.496 e. The predicted molar refractivity (Wildman–Crippen MR) is 90.6 cm³/mol. The van der Waals surface area contributed by atoms with E-state index in [-0.39, 0.29) is 0 Å². The smallest absolute Gasteiger partial charge is 0.122 e. The van der Waals surface area contributed by atoms with Gasteiger partial charge in [0.1, 0.15) is 5.75 Å². The Bertz CT molecular complexity index is 610. The van der Waals surface area contributed by atoms with Crippen LogP contribution in [0.3, 0.4) is 0 Å². The highest BCUT2D eigenvalue weighted by Gasteiger charge is 2.19. The van der Waals surface area contributed by atoms with E-state index in [4.69, 9.17) is 4.74 Å². The molecule has 4 heteroatoms. The van der Waals surface area contributed by atoms with Crippen LogP contribution in [-0.4, -0.2) is 18.0 Å². The fraction of sp³-hybridized carbons (Fsp3) is 0.412. The first-order valence-electron chi connectivity index (χ1n) is 7.18. The van der Waals surface area contributed by atoms with E-state index < -0.39 is 6.10 Å². The van der Waals surface area contributed by atoms with Crippen molar-refractivity contribution in [2.24, 2.45) is 0 Å². The highest BCUT2D eigenvalue weighted by atomic mass is 32.2. The van der Waals surface area contributed by atoms with E-state index in [1.807, 2.05) is 23.9 Å². The highest BCUT2D eigenvalue weighted by molar-refractivity contribution is 7.98. The van der Waals surface area contributed by atoms with Crippen LogP contribution in [0, 0.1) is 6.92 Å². The van der Waals surface area contributed by atoms with Crippen molar-refractivity contribution in [1.29, 1.82) is 0 Å². The van der Waals surface area contributed by atoms with E-state index in [1.165, 1.54) is 21.8 Å². The molecule has 0 fully saturated rings. The molecule has 1 aliphatic rings. The van der Waals surface area contributed by atoms with Crippen LogP contribution in [0.15, 0.2) is 24.3 Å². The summed E-state index contributed by atoms with van der Waals surface area (Å²) in [5, 5.41) is 10.6. The molecular weight excluding hydrogens is 300 g/mol. The van der Waals surface area contributed by atoms with Crippen LogP contribution in [0.4, 0.5) is 0 Å². The second-order valence-electron chi connectivity index (χ2n) is 5.43. The number of thiophene rings is 1. The molecule has 1 aliphatic heterocycles. The van der Waals surface area contributed by atoms with Crippen molar-refractivity contribution in [3.05, 3.63) is 50.7 Å². The molecule has 0 saturated heterocycles. The predicted octanol–water partition coefficient (Wildman–Crippen LogP) is 4.13. The van der Waals surface area contributed by atoms with Gasteiger partial charge < -0.3 is 9.84 Å². The third kappa shape index (κ3) is 3.28. The van der Waals surface area contributed by atoms with Crippen molar-refractivity contribution in [2.45, 2.75) is 31.6 Å². The first-order chi connectivity index (χ1) is 10.2.